The van der Waals surface area contributed by atoms with Crippen molar-refractivity contribution < 1.29 is 4.74 Å². The predicted octanol–water partition coefficient (Wildman–Crippen LogP) is 3.66. The van der Waals surface area contributed by atoms with Crippen molar-refractivity contribution in [1.82, 2.24) is 25.6 Å². The number of ether oxygens (including phenoxy) is 1. The second kappa shape index (κ2) is 11.2. The van der Waals surface area contributed by atoms with E-state index in [1.807, 2.05) is 11.9 Å². The molecule has 4 fully saturated rings. The molecule has 34 heavy (non-hydrogen) atoms. The van der Waals surface area contributed by atoms with Crippen LogP contribution >= 0.6 is 11.9 Å². The molecule has 0 amide bonds. The van der Waals surface area contributed by atoms with Crippen molar-refractivity contribution in [1.29, 1.82) is 0 Å². The Bertz CT molecular complexity index is 802. The maximum Gasteiger partial charge on any atom is 0.123 e. The fraction of sp³-hybridized carbons (Fsp3) is 0.778. The smallest absolute Gasteiger partial charge is 0.123 e. The zero-order valence-electron chi connectivity index (χ0n) is 21.5. The maximum atomic E-state index is 6.85. The molecule has 1 aliphatic carbocycles. The highest BCUT2D eigenvalue weighted by Gasteiger charge is 2.37. The molecular weight excluding hydrogens is 442 g/mol. The first-order valence-corrected chi connectivity index (χ1v) is 14.4. The summed E-state index contributed by atoms with van der Waals surface area (Å²) >= 11 is 1.95. The van der Waals surface area contributed by atoms with E-state index < -0.39 is 0 Å². The van der Waals surface area contributed by atoms with Gasteiger partial charge in [-0.05, 0) is 61.6 Å². The number of aryl methyl sites for hydroxylation is 2. The van der Waals surface area contributed by atoms with Crippen molar-refractivity contribution in [3.05, 3.63) is 34.9 Å². The summed E-state index contributed by atoms with van der Waals surface area (Å²) in [6.07, 6.45) is 6.54. The van der Waals surface area contributed by atoms with Gasteiger partial charge in [0.05, 0.1) is 6.10 Å². The van der Waals surface area contributed by atoms with Gasteiger partial charge in [-0.1, -0.05) is 50.4 Å². The van der Waals surface area contributed by atoms with Gasteiger partial charge in [0.15, 0.2) is 0 Å². The Morgan fingerprint density at radius 2 is 1.85 bits per heavy atom. The number of nitrogens with zero attached hydrogens (tertiary/aromatic N) is 1. The zero-order chi connectivity index (χ0) is 23.7. The van der Waals surface area contributed by atoms with Gasteiger partial charge in [-0.15, -0.1) is 0 Å². The van der Waals surface area contributed by atoms with Crippen molar-refractivity contribution in [3.8, 4) is 0 Å². The number of hydrogen-bond donors (Lipinski definition) is 4. The zero-order valence-corrected chi connectivity index (χ0v) is 22.3. The van der Waals surface area contributed by atoms with Gasteiger partial charge in [0, 0.05) is 49.9 Å². The van der Waals surface area contributed by atoms with Crippen LogP contribution in [0.2, 0.25) is 0 Å². The molecule has 3 aliphatic heterocycles. The molecule has 6 bridgehead atoms. The molecule has 6 nitrogen and oxygen atoms in total. The number of nitrogens with one attached hydrogen (secondary N) is 4. The minimum absolute atomic E-state index is 0.0211. The molecule has 0 spiro atoms. The Morgan fingerprint density at radius 1 is 1.03 bits per heavy atom. The molecule has 1 aromatic rings. The van der Waals surface area contributed by atoms with Crippen LogP contribution in [0.5, 0.6) is 0 Å². The van der Waals surface area contributed by atoms with E-state index in [-0.39, 0.29) is 24.7 Å². The average Bonchev–Trinajstić information content (AvgIpc) is 2.99. The molecule has 7 heteroatoms. The lowest BCUT2D eigenvalue weighted by Crippen LogP contribution is -2.61. The van der Waals surface area contributed by atoms with Crippen LogP contribution in [-0.2, 0) is 4.74 Å². The van der Waals surface area contributed by atoms with Crippen LogP contribution in [0.15, 0.2) is 18.2 Å². The van der Waals surface area contributed by atoms with E-state index in [9.17, 15) is 0 Å². The minimum Gasteiger partial charge on any atom is -0.357 e. The van der Waals surface area contributed by atoms with Gasteiger partial charge in [0.2, 0.25) is 0 Å². The summed E-state index contributed by atoms with van der Waals surface area (Å²) in [6.45, 7) is 13.5. The summed E-state index contributed by atoms with van der Waals surface area (Å²) in [4.78, 5) is 2.78. The van der Waals surface area contributed by atoms with Crippen LogP contribution in [0.4, 0.5) is 0 Å². The molecule has 0 aromatic heterocycles. The molecule has 1 saturated carbocycles. The average molecular weight is 488 g/mol. The van der Waals surface area contributed by atoms with Gasteiger partial charge < -0.3 is 10.1 Å². The SMILES string of the molecule is Cc1cccc(C)c1C1CC2NC(NSC3CCCC(C3)CN3C[C@@H](CNC[C@H]3C(C)C)O2)N1. The van der Waals surface area contributed by atoms with E-state index in [1.165, 1.54) is 48.9 Å². The van der Waals surface area contributed by atoms with E-state index in [2.05, 4.69) is 71.5 Å². The largest absolute Gasteiger partial charge is 0.357 e. The number of fused-ring (bicyclic) bond motifs is 6. The van der Waals surface area contributed by atoms with Gasteiger partial charge in [-0.3, -0.25) is 15.5 Å². The lowest BCUT2D eigenvalue weighted by Gasteiger charge is -2.40. The van der Waals surface area contributed by atoms with Crippen molar-refractivity contribution in [2.75, 3.05) is 26.2 Å². The van der Waals surface area contributed by atoms with Gasteiger partial charge >= 0.3 is 0 Å². The summed E-state index contributed by atoms with van der Waals surface area (Å²) in [5.41, 5.74) is 4.15. The molecule has 3 heterocycles. The van der Waals surface area contributed by atoms with Gasteiger partial charge in [-0.25, -0.2) is 4.72 Å². The van der Waals surface area contributed by atoms with E-state index in [1.54, 1.807) is 0 Å². The van der Waals surface area contributed by atoms with E-state index in [0.29, 0.717) is 17.2 Å². The highest BCUT2D eigenvalue weighted by Crippen LogP contribution is 2.34. The Labute approximate surface area is 210 Å². The molecule has 4 N–H and O–H groups in total. The lowest BCUT2D eigenvalue weighted by molar-refractivity contribution is -0.0716. The molecule has 5 rings (SSSR count). The number of benzene rings is 1. The highest BCUT2D eigenvalue weighted by atomic mass is 32.2. The first-order chi connectivity index (χ1) is 16.5. The topological polar surface area (TPSA) is 60.6 Å². The quantitative estimate of drug-likeness (QED) is 0.475. The first kappa shape index (κ1) is 25.0. The summed E-state index contributed by atoms with van der Waals surface area (Å²) in [6, 6.07) is 7.50. The standard InChI is InChI=1S/C27H45N5OS/c1-17(2)24-14-28-13-21-16-32(24)15-20-9-6-10-22(11-20)34-31-27-29-23(12-25(30-27)33-21)26-18(3)7-5-8-19(26)4/h5,7-8,17,20-25,27-31H,6,9-16H2,1-4H3/t20?,21-,22?,23?,24+,25?,27?/m1/s1. The van der Waals surface area contributed by atoms with Crippen molar-refractivity contribution >= 4 is 11.9 Å². The third-order valence-corrected chi connectivity index (χ3v) is 9.53. The summed E-state index contributed by atoms with van der Waals surface area (Å²) in [5.74, 6) is 1.43. The number of rotatable bonds is 2. The maximum absolute atomic E-state index is 6.85. The first-order valence-electron chi connectivity index (χ1n) is 13.6. The van der Waals surface area contributed by atoms with Crippen molar-refractivity contribution in [2.24, 2.45) is 11.8 Å². The molecule has 3 saturated heterocycles. The van der Waals surface area contributed by atoms with Crippen molar-refractivity contribution in [3.63, 3.8) is 0 Å². The minimum atomic E-state index is 0.0211. The lowest BCUT2D eigenvalue weighted by atomic mass is 9.87. The Balaban J connectivity index is 1.41. The third kappa shape index (κ3) is 5.83. The van der Waals surface area contributed by atoms with Crippen LogP contribution in [0.1, 0.15) is 68.7 Å². The van der Waals surface area contributed by atoms with E-state index in [4.69, 9.17) is 4.74 Å². The van der Waals surface area contributed by atoms with Crippen LogP contribution in [0.3, 0.4) is 0 Å². The monoisotopic (exact) mass is 487 g/mol. The van der Waals surface area contributed by atoms with Crippen molar-refractivity contribution in [2.45, 2.75) is 95.8 Å². The Hall–Kier alpha value is -0.670. The molecule has 190 valence electrons. The molecule has 6 unspecified atom stereocenters. The summed E-state index contributed by atoms with van der Waals surface area (Å²) in [7, 11) is 0. The fourth-order valence-electron chi connectivity index (χ4n) is 6.71. The van der Waals surface area contributed by atoms with E-state index >= 15 is 0 Å². The number of hydrogen-bond acceptors (Lipinski definition) is 7. The predicted molar refractivity (Wildman–Crippen MR) is 142 cm³/mol. The molecular formula is C27H45N5OS. The normalized spacial score (nSPS) is 39.4. The second-order valence-corrected chi connectivity index (χ2v) is 12.6. The van der Waals surface area contributed by atoms with Crippen LogP contribution in [-0.4, -0.2) is 61.0 Å². The highest BCUT2D eigenvalue weighted by molar-refractivity contribution is 7.98. The van der Waals surface area contributed by atoms with Gasteiger partial charge in [0.1, 0.15) is 12.5 Å². The van der Waals surface area contributed by atoms with Crippen LogP contribution < -0.4 is 20.7 Å². The molecule has 8 atom stereocenters. The van der Waals surface area contributed by atoms with Crippen LogP contribution in [0.25, 0.3) is 0 Å². The molecule has 1 aromatic carbocycles. The van der Waals surface area contributed by atoms with Gasteiger partial charge in [-0.2, -0.15) is 0 Å². The van der Waals surface area contributed by atoms with E-state index in [0.717, 1.165) is 32.0 Å². The Morgan fingerprint density at radius 3 is 2.65 bits per heavy atom. The second-order valence-electron chi connectivity index (χ2n) is 11.4. The third-order valence-electron chi connectivity index (χ3n) is 8.40. The molecule has 4 aliphatic rings. The van der Waals surface area contributed by atoms with Gasteiger partial charge in [0.25, 0.3) is 0 Å². The van der Waals surface area contributed by atoms with Crippen LogP contribution in [0, 0.1) is 25.7 Å². The fourth-order valence-corrected chi connectivity index (χ4v) is 7.83. The summed E-state index contributed by atoms with van der Waals surface area (Å²) in [5, 5.41) is 12.0. The summed E-state index contributed by atoms with van der Waals surface area (Å²) < 4.78 is 10.6. The molecule has 0 radical (unpaired) electrons. The Kier molecular flexibility index (Phi) is 8.20.